The summed E-state index contributed by atoms with van der Waals surface area (Å²) in [6.07, 6.45) is 2.54. The normalized spacial score (nSPS) is 12.0. The van der Waals surface area contributed by atoms with Crippen LogP contribution >= 0.6 is 0 Å². The molecule has 0 bridgehead atoms. The van der Waals surface area contributed by atoms with E-state index in [1.165, 1.54) is 30.6 Å². The van der Waals surface area contributed by atoms with Crippen molar-refractivity contribution in [1.82, 2.24) is 20.3 Å². The molecule has 3 heterocycles. The second-order valence-electron chi connectivity index (χ2n) is 6.30. The molecule has 0 aliphatic rings. The molecule has 2 N–H and O–H groups in total. The minimum Gasteiger partial charge on any atom is -0.460 e. The van der Waals surface area contributed by atoms with E-state index in [4.69, 9.17) is 4.42 Å². The molecule has 1 aromatic carbocycles. The number of ether oxygens (including phenoxy) is 1. The number of H-pyrrole nitrogens is 1. The van der Waals surface area contributed by atoms with Gasteiger partial charge in [-0.05, 0) is 29.8 Å². The number of aromatic nitrogens is 3. The van der Waals surface area contributed by atoms with Crippen molar-refractivity contribution in [1.29, 1.82) is 0 Å². The van der Waals surface area contributed by atoms with Crippen molar-refractivity contribution in [2.75, 3.05) is 6.86 Å². The van der Waals surface area contributed by atoms with Gasteiger partial charge in [0.2, 0.25) is 6.86 Å². The number of rotatable bonds is 6. The van der Waals surface area contributed by atoms with E-state index in [-0.39, 0.29) is 28.3 Å². The Kier molecular flexibility index (Phi) is 5.39. The predicted molar refractivity (Wildman–Crippen MR) is 101 cm³/mol. The van der Waals surface area contributed by atoms with Crippen molar-refractivity contribution in [3.63, 3.8) is 0 Å². The maximum Gasteiger partial charge on any atom is 0.417 e. The third-order valence-electron chi connectivity index (χ3n) is 4.37. The number of pyridine rings is 2. The first kappa shape index (κ1) is 20.1. The molecular formula is C20H13F3N4O4. The predicted octanol–water partition coefficient (Wildman–Crippen LogP) is 3.01. The molecule has 0 unspecified atom stereocenters. The van der Waals surface area contributed by atoms with Gasteiger partial charge in [0.25, 0.3) is 5.91 Å². The Bertz CT molecular complexity index is 1320. The number of hydrogen-bond donors (Lipinski definition) is 2. The van der Waals surface area contributed by atoms with Gasteiger partial charge in [0, 0.05) is 12.3 Å². The van der Waals surface area contributed by atoms with E-state index in [0.717, 1.165) is 18.2 Å². The molecule has 4 rings (SSSR count). The SMILES string of the molecule is O=C(N[C@@H](c1ccc(OCF)c(F)c1)c1ncccc1F)c1cc2oc(=O)[nH]c2cn1. The lowest BCUT2D eigenvalue weighted by molar-refractivity contribution is 0.0936. The summed E-state index contributed by atoms with van der Waals surface area (Å²) in [6, 6.07) is 5.99. The maximum atomic E-state index is 14.4. The van der Waals surface area contributed by atoms with Gasteiger partial charge in [-0.25, -0.2) is 22.9 Å². The molecule has 158 valence electrons. The molecule has 0 aliphatic carbocycles. The largest absolute Gasteiger partial charge is 0.460 e. The highest BCUT2D eigenvalue weighted by molar-refractivity contribution is 5.95. The van der Waals surface area contributed by atoms with E-state index in [2.05, 4.69) is 25.0 Å². The minimum absolute atomic E-state index is 0.101. The highest BCUT2D eigenvalue weighted by Gasteiger charge is 2.24. The van der Waals surface area contributed by atoms with Crippen LogP contribution in [0.2, 0.25) is 0 Å². The Labute approximate surface area is 171 Å². The number of halogens is 3. The van der Waals surface area contributed by atoms with E-state index in [1.807, 2.05) is 0 Å². The number of oxazole rings is 1. The number of carbonyl (C=O) groups excluding carboxylic acids is 1. The van der Waals surface area contributed by atoms with Crippen LogP contribution < -0.4 is 15.8 Å². The first-order chi connectivity index (χ1) is 15.0. The second-order valence-corrected chi connectivity index (χ2v) is 6.30. The van der Waals surface area contributed by atoms with Gasteiger partial charge in [-0.3, -0.25) is 14.8 Å². The molecule has 8 nitrogen and oxygen atoms in total. The van der Waals surface area contributed by atoms with E-state index in [1.54, 1.807) is 0 Å². The summed E-state index contributed by atoms with van der Waals surface area (Å²) in [5.41, 5.74) is 0.214. The average Bonchev–Trinajstić information content (AvgIpc) is 3.13. The van der Waals surface area contributed by atoms with Crippen molar-refractivity contribution in [2.45, 2.75) is 6.04 Å². The Hall–Kier alpha value is -4.15. The molecule has 0 saturated heterocycles. The minimum atomic E-state index is -1.23. The molecule has 0 radical (unpaired) electrons. The van der Waals surface area contributed by atoms with Crippen LogP contribution in [-0.4, -0.2) is 27.7 Å². The standard InChI is InChI=1S/C20H13F3N4O4/c21-9-30-15-4-3-10(6-12(15)23)17(18-11(22)2-1-5-24-18)27-19(28)13-7-16-14(8-25-13)26-20(29)31-16/h1-8,17H,9H2,(H,26,29)(H,27,28)/t17-/m0/s1. The van der Waals surface area contributed by atoms with Crippen molar-refractivity contribution in [2.24, 2.45) is 0 Å². The van der Waals surface area contributed by atoms with Crippen molar-refractivity contribution in [3.05, 3.63) is 87.9 Å². The zero-order valence-corrected chi connectivity index (χ0v) is 15.6. The number of alkyl halides is 1. The van der Waals surface area contributed by atoms with E-state index in [0.29, 0.717) is 5.52 Å². The fourth-order valence-electron chi connectivity index (χ4n) is 2.97. The third kappa shape index (κ3) is 4.10. The highest BCUT2D eigenvalue weighted by atomic mass is 19.1. The maximum absolute atomic E-state index is 14.4. The summed E-state index contributed by atoms with van der Waals surface area (Å²) in [4.78, 5) is 34.4. The fourth-order valence-corrected chi connectivity index (χ4v) is 2.97. The topological polar surface area (TPSA) is 110 Å². The third-order valence-corrected chi connectivity index (χ3v) is 4.37. The zero-order chi connectivity index (χ0) is 22.0. The van der Waals surface area contributed by atoms with Crippen LogP contribution in [0.1, 0.15) is 27.8 Å². The average molecular weight is 430 g/mol. The van der Waals surface area contributed by atoms with Crippen LogP contribution in [0, 0.1) is 11.6 Å². The first-order valence-electron chi connectivity index (χ1n) is 8.84. The molecule has 4 aromatic rings. The van der Waals surface area contributed by atoms with Crippen LogP contribution in [0.15, 0.2) is 58.0 Å². The number of hydrogen-bond acceptors (Lipinski definition) is 6. The lowest BCUT2D eigenvalue weighted by Gasteiger charge is -2.20. The number of benzene rings is 1. The van der Waals surface area contributed by atoms with Crippen LogP contribution in [0.3, 0.4) is 0 Å². The van der Waals surface area contributed by atoms with Crippen LogP contribution in [0.4, 0.5) is 13.2 Å². The summed E-state index contributed by atoms with van der Waals surface area (Å²) in [6.45, 7) is -1.23. The number of aromatic amines is 1. The summed E-state index contributed by atoms with van der Waals surface area (Å²) >= 11 is 0. The van der Waals surface area contributed by atoms with Gasteiger partial charge in [0.15, 0.2) is 17.1 Å². The molecule has 11 heteroatoms. The van der Waals surface area contributed by atoms with Gasteiger partial charge in [0.1, 0.15) is 22.7 Å². The monoisotopic (exact) mass is 430 g/mol. The zero-order valence-electron chi connectivity index (χ0n) is 15.6. The Morgan fingerprint density at radius 1 is 1.19 bits per heavy atom. The van der Waals surface area contributed by atoms with Crippen LogP contribution in [-0.2, 0) is 0 Å². The quantitative estimate of drug-likeness (QED) is 0.487. The number of amides is 1. The van der Waals surface area contributed by atoms with Gasteiger partial charge in [-0.2, -0.15) is 0 Å². The summed E-state index contributed by atoms with van der Waals surface area (Å²) < 4.78 is 50.5. The number of nitrogens with zero attached hydrogens (tertiary/aromatic N) is 2. The van der Waals surface area contributed by atoms with Gasteiger partial charge < -0.3 is 14.5 Å². The molecule has 0 saturated carbocycles. The van der Waals surface area contributed by atoms with Gasteiger partial charge in [0.05, 0.1) is 12.2 Å². The van der Waals surface area contributed by atoms with Crippen LogP contribution in [0.25, 0.3) is 11.1 Å². The molecule has 3 aromatic heterocycles. The summed E-state index contributed by atoms with van der Waals surface area (Å²) in [7, 11) is 0. The molecule has 1 atom stereocenters. The molecule has 0 aliphatic heterocycles. The number of carbonyl (C=O) groups is 1. The molecule has 0 fully saturated rings. The molecular weight excluding hydrogens is 417 g/mol. The highest BCUT2D eigenvalue weighted by Crippen LogP contribution is 2.27. The Morgan fingerprint density at radius 2 is 2.03 bits per heavy atom. The Morgan fingerprint density at radius 3 is 2.77 bits per heavy atom. The van der Waals surface area contributed by atoms with E-state index >= 15 is 0 Å². The second kappa shape index (κ2) is 8.30. The molecule has 0 spiro atoms. The Balaban J connectivity index is 1.72. The van der Waals surface area contributed by atoms with Crippen molar-refractivity contribution in [3.8, 4) is 5.75 Å². The summed E-state index contributed by atoms with van der Waals surface area (Å²) in [5, 5.41) is 2.54. The van der Waals surface area contributed by atoms with Gasteiger partial charge in [-0.15, -0.1) is 0 Å². The van der Waals surface area contributed by atoms with E-state index in [9.17, 15) is 22.8 Å². The van der Waals surface area contributed by atoms with Crippen LogP contribution in [0.5, 0.6) is 5.75 Å². The lowest BCUT2D eigenvalue weighted by atomic mass is 10.0. The summed E-state index contributed by atoms with van der Waals surface area (Å²) in [5.74, 6) is -3.46. The van der Waals surface area contributed by atoms with Gasteiger partial charge in [-0.1, -0.05) is 6.07 Å². The molecule has 1 amide bonds. The lowest BCUT2D eigenvalue weighted by Crippen LogP contribution is -2.31. The van der Waals surface area contributed by atoms with Crippen molar-refractivity contribution >= 4 is 17.0 Å². The smallest absolute Gasteiger partial charge is 0.417 e. The molecule has 31 heavy (non-hydrogen) atoms. The number of nitrogens with one attached hydrogen (secondary N) is 2. The van der Waals surface area contributed by atoms with E-state index < -0.39 is 36.2 Å². The number of fused-ring (bicyclic) bond motifs is 1. The van der Waals surface area contributed by atoms with Gasteiger partial charge >= 0.3 is 5.76 Å². The first-order valence-corrected chi connectivity index (χ1v) is 8.84. The van der Waals surface area contributed by atoms with Crippen molar-refractivity contribution < 1.29 is 27.1 Å². The fraction of sp³-hybridized carbons (Fsp3) is 0.100.